The Bertz CT molecular complexity index is 855. The SMILES string of the molecule is CCc1nccn1CC(=O)N1CCC2(CCC(=O)N(Cc3ccncc3)C2)CC1. The Hall–Kier alpha value is -2.70. The molecule has 0 unspecified atom stereocenters. The summed E-state index contributed by atoms with van der Waals surface area (Å²) in [6.45, 7) is 5.39. The number of pyridine rings is 1. The highest BCUT2D eigenvalue weighted by molar-refractivity contribution is 5.77. The first-order valence-corrected chi connectivity index (χ1v) is 10.5. The average Bonchev–Trinajstić information content (AvgIpc) is 3.19. The van der Waals surface area contributed by atoms with Crippen LogP contribution in [-0.2, 0) is 29.1 Å². The van der Waals surface area contributed by atoms with Gasteiger partial charge in [-0.2, -0.15) is 0 Å². The first kappa shape index (κ1) is 19.6. The van der Waals surface area contributed by atoms with Crippen LogP contribution < -0.4 is 0 Å². The Balaban J connectivity index is 1.35. The number of carbonyl (C=O) groups excluding carboxylic acids is 2. The van der Waals surface area contributed by atoms with Crippen LogP contribution >= 0.6 is 0 Å². The van der Waals surface area contributed by atoms with Crippen molar-refractivity contribution in [2.75, 3.05) is 19.6 Å². The monoisotopic (exact) mass is 395 g/mol. The highest BCUT2D eigenvalue weighted by atomic mass is 16.2. The molecule has 2 saturated heterocycles. The van der Waals surface area contributed by atoms with E-state index in [2.05, 4.69) is 16.9 Å². The number of imidazole rings is 1. The van der Waals surface area contributed by atoms with Crippen molar-refractivity contribution in [3.63, 3.8) is 0 Å². The van der Waals surface area contributed by atoms with Crippen LogP contribution in [0.5, 0.6) is 0 Å². The van der Waals surface area contributed by atoms with E-state index >= 15 is 0 Å². The lowest BCUT2D eigenvalue weighted by atomic mass is 9.72. The number of piperidine rings is 2. The molecule has 2 aromatic rings. The second-order valence-electron chi connectivity index (χ2n) is 8.31. The summed E-state index contributed by atoms with van der Waals surface area (Å²) in [5, 5.41) is 0. The number of likely N-dealkylation sites (tertiary alicyclic amines) is 2. The lowest BCUT2D eigenvalue weighted by molar-refractivity contribution is -0.143. The summed E-state index contributed by atoms with van der Waals surface area (Å²) in [7, 11) is 0. The quantitative estimate of drug-likeness (QED) is 0.779. The van der Waals surface area contributed by atoms with Crippen LogP contribution in [0.2, 0.25) is 0 Å². The molecule has 7 nitrogen and oxygen atoms in total. The summed E-state index contributed by atoms with van der Waals surface area (Å²) in [6.07, 6.45) is 11.5. The number of nitrogens with zero attached hydrogens (tertiary/aromatic N) is 5. The molecule has 0 N–H and O–H groups in total. The summed E-state index contributed by atoms with van der Waals surface area (Å²) in [4.78, 5) is 37.6. The summed E-state index contributed by atoms with van der Waals surface area (Å²) in [5.74, 6) is 1.34. The van der Waals surface area contributed by atoms with Crippen molar-refractivity contribution in [3.05, 3.63) is 48.3 Å². The van der Waals surface area contributed by atoms with Crippen molar-refractivity contribution >= 4 is 11.8 Å². The van der Waals surface area contributed by atoms with Crippen LogP contribution in [0.1, 0.15) is 44.0 Å². The number of carbonyl (C=O) groups is 2. The van der Waals surface area contributed by atoms with E-state index in [-0.39, 0.29) is 17.2 Å². The van der Waals surface area contributed by atoms with Gasteiger partial charge < -0.3 is 14.4 Å². The first-order valence-electron chi connectivity index (χ1n) is 10.5. The Kier molecular flexibility index (Phi) is 5.65. The number of rotatable bonds is 5. The summed E-state index contributed by atoms with van der Waals surface area (Å²) < 4.78 is 1.95. The fourth-order valence-electron chi connectivity index (χ4n) is 4.64. The first-order chi connectivity index (χ1) is 14.1. The molecule has 1 spiro atoms. The third kappa shape index (κ3) is 4.33. The van der Waals surface area contributed by atoms with E-state index < -0.39 is 0 Å². The molecule has 2 aromatic heterocycles. The smallest absolute Gasteiger partial charge is 0.242 e. The summed E-state index contributed by atoms with van der Waals surface area (Å²) in [5.41, 5.74) is 1.26. The second kappa shape index (κ2) is 8.35. The highest BCUT2D eigenvalue weighted by Gasteiger charge is 2.41. The second-order valence-corrected chi connectivity index (χ2v) is 8.31. The van der Waals surface area contributed by atoms with Gasteiger partial charge in [0, 0.05) is 63.8 Å². The molecule has 4 rings (SSSR count). The molecule has 29 heavy (non-hydrogen) atoms. The predicted octanol–water partition coefficient (Wildman–Crippen LogP) is 2.27. The van der Waals surface area contributed by atoms with Crippen LogP contribution in [-0.4, -0.2) is 55.8 Å². The lowest BCUT2D eigenvalue weighted by Gasteiger charge is -2.47. The van der Waals surface area contributed by atoms with Gasteiger partial charge in [0.2, 0.25) is 11.8 Å². The fourth-order valence-corrected chi connectivity index (χ4v) is 4.64. The summed E-state index contributed by atoms with van der Waals surface area (Å²) >= 11 is 0. The van der Waals surface area contributed by atoms with Gasteiger partial charge in [-0.15, -0.1) is 0 Å². The standard InChI is InChI=1S/C22H29N5O2/c1-2-19-24-11-14-26(19)16-21(29)25-12-7-22(8-13-25)6-3-20(28)27(17-22)15-18-4-9-23-10-5-18/h4-5,9-11,14H,2-3,6-8,12-13,15-17H2,1H3. The fraction of sp³-hybridized carbons (Fsp3) is 0.545. The van der Waals surface area contributed by atoms with Gasteiger partial charge in [0.05, 0.1) is 0 Å². The molecule has 0 radical (unpaired) electrons. The predicted molar refractivity (Wildman–Crippen MR) is 109 cm³/mol. The van der Waals surface area contributed by atoms with Crippen LogP contribution in [0, 0.1) is 5.41 Å². The Morgan fingerprint density at radius 1 is 1.14 bits per heavy atom. The topological polar surface area (TPSA) is 71.3 Å². The zero-order chi connectivity index (χ0) is 20.3. The molecular formula is C22H29N5O2. The van der Waals surface area contributed by atoms with E-state index in [0.717, 1.165) is 56.7 Å². The Morgan fingerprint density at radius 2 is 1.90 bits per heavy atom. The normalized spacial score (nSPS) is 19.0. The molecular weight excluding hydrogens is 366 g/mol. The Morgan fingerprint density at radius 3 is 2.62 bits per heavy atom. The van der Waals surface area contributed by atoms with E-state index in [0.29, 0.717) is 19.5 Å². The van der Waals surface area contributed by atoms with Crippen LogP contribution in [0.15, 0.2) is 36.9 Å². The van der Waals surface area contributed by atoms with Crippen LogP contribution in [0.4, 0.5) is 0 Å². The van der Waals surface area contributed by atoms with E-state index in [4.69, 9.17) is 0 Å². The van der Waals surface area contributed by atoms with Crippen molar-refractivity contribution < 1.29 is 9.59 Å². The molecule has 2 amide bonds. The third-order valence-corrected chi connectivity index (χ3v) is 6.47. The maximum Gasteiger partial charge on any atom is 0.242 e. The molecule has 7 heteroatoms. The Labute approximate surface area is 171 Å². The summed E-state index contributed by atoms with van der Waals surface area (Å²) in [6, 6.07) is 3.94. The van der Waals surface area contributed by atoms with Gasteiger partial charge in [0.15, 0.2) is 0 Å². The maximum absolute atomic E-state index is 12.8. The van der Waals surface area contributed by atoms with E-state index in [1.807, 2.05) is 32.7 Å². The minimum Gasteiger partial charge on any atom is -0.341 e. The molecule has 2 fully saturated rings. The molecule has 0 aromatic carbocycles. The van der Waals surface area contributed by atoms with Gasteiger partial charge in [-0.3, -0.25) is 14.6 Å². The van der Waals surface area contributed by atoms with Gasteiger partial charge in [-0.05, 0) is 42.4 Å². The van der Waals surface area contributed by atoms with Gasteiger partial charge in [0.25, 0.3) is 0 Å². The third-order valence-electron chi connectivity index (χ3n) is 6.47. The largest absolute Gasteiger partial charge is 0.341 e. The number of aryl methyl sites for hydroxylation is 1. The minimum absolute atomic E-state index is 0.140. The molecule has 4 heterocycles. The van der Waals surface area contributed by atoms with Crippen molar-refractivity contribution in [2.24, 2.45) is 5.41 Å². The van der Waals surface area contributed by atoms with E-state index in [1.165, 1.54) is 0 Å². The van der Waals surface area contributed by atoms with E-state index in [1.54, 1.807) is 18.6 Å². The highest BCUT2D eigenvalue weighted by Crippen LogP contribution is 2.40. The van der Waals surface area contributed by atoms with Crippen molar-refractivity contribution in [1.82, 2.24) is 24.3 Å². The van der Waals surface area contributed by atoms with Gasteiger partial charge in [-0.25, -0.2) is 4.98 Å². The molecule has 2 aliphatic rings. The van der Waals surface area contributed by atoms with Crippen LogP contribution in [0.25, 0.3) is 0 Å². The molecule has 0 atom stereocenters. The number of hydrogen-bond acceptors (Lipinski definition) is 4. The van der Waals surface area contributed by atoms with Crippen molar-refractivity contribution in [1.29, 1.82) is 0 Å². The zero-order valence-corrected chi connectivity index (χ0v) is 17.1. The average molecular weight is 396 g/mol. The van der Waals surface area contributed by atoms with Gasteiger partial charge in [0.1, 0.15) is 12.4 Å². The van der Waals surface area contributed by atoms with Crippen molar-refractivity contribution in [3.8, 4) is 0 Å². The van der Waals surface area contributed by atoms with Crippen LogP contribution in [0.3, 0.4) is 0 Å². The number of amides is 2. The number of hydrogen-bond donors (Lipinski definition) is 0. The maximum atomic E-state index is 12.8. The lowest BCUT2D eigenvalue weighted by Crippen LogP contribution is -2.52. The molecule has 0 bridgehead atoms. The zero-order valence-electron chi connectivity index (χ0n) is 17.1. The molecule has 154 valence electrons. The minimum atomic E-state index is 0.140. The number of aromatic nitrogens is 3. The molecule has 0 saturated carbocycles. The van der Waals surface area contributed by atoms with E-state index in [9.17, 15) is 9.59 Å². The van der Waals surface area contributed by atoms with Gasteiger partial charge in [-0.1, -0.05) is 6.92 Å². The van der Waals surface area contributed by atoms with Gasteiger partial charge >= 0.3 is 0 Å². The molecule has 2 aliphatic heterocycles. The van der Waals surface area contributed by atoms with Crippen molar-refractivity contribution in [2.45, 2.75) is 52.1 Å². The molecule has 0 aliphatic carbocycles.